The number of hydrogen-bond donors (Lipinski definition) is 2. The maximum Gasteiger partial charge on any atom is 0.323 e. The minimum atomic E-state index is -0.394. The fourth-order valence-corrected chi connectivity index (χ4v) is 2.59. The molecule has 0 aliphatic rings. The van der Waals surface area contributed by atoms with Crippen LogP contribution in [0.1, 0.15) is 0 Å². The van der Waals surface area contributed by atoms with Crippen molar-refractivity contribution in [1.82, 2.24) is 0 Å². The summed E-state index contributed by atoms with van der Waals surface area (Å²) < 4.78 is 5.70. The van der Waals surface area contributed by atoms with E-state index < -0.39 is 6.03 Å². The average molecular weight is 408 g/mol. The van der Waals surface area contributed by atoms with Gasteiger partial charge in [0.1, 0.15) is 11.5 Å². The van der Waals surface area contributed by atoms with Crippen LogP contribution in [0.2, 0.25) is 15.1 Å². The molecule has 0 spiro atoms. The molecule has 0 fully saturated rings. The van der Waals surface area contributed by atoms with E-state index in [4.69, 9.17) is 39.5 Å². The smallest absolute Gasteiger partial charge is 0.323 e. The summed E-state index contributed by atoms with van der Waals surface area (Å²) in [4.78, 5) is 12.0. The van der Waals surface area contributed by atoms with Crippen LogP contribution in [0, 0.1) is 0 Å². The van der Waals surface area contributed by atoms with Gasteiger partial charge in [-0.3, -0.25) is 0 Å². The topological polar surface area (TPSA) is 50.4 Å². The third-order valence-electron chi connectivity index (χ3n) is 3.33. The molecule has 2 N–H and O–H groups in total. The number of nitrogens with one attached hydrogen (secondary N) is 2. The van der Waals surface area contributed by atoms with Gasteiger partial charge in [0.05, 0.1) is 5.02 Å². The van der Waals surface area contributed by atoms with E-state index in [2.05, 4.69) is 10.6 Å². The molecule has 26 heavy (non-hydrogen) atoms. The van der Waals surface area contributed by atoms with Gasteiger partial charge in [0, 0.05) is 21.4 Å². The molecule has 132 valence electrons. The van der Waals surface area contributed by atoms with Gasteiger partial charge in [-0.25, -0.2) is 4.79 Å². The van der Waals surface area contributed by atoms with Crippen molar-refractivity contribution >= 4 is 52.2 Å². The molecule has 0 heterocycles. The summed E-state index contributed by atoms with van der Waals surface area (Å²) >= 11 is 17.9. The predicted octanol–water partition coefficient (Wildman–Crippen LogP) is 7.08. The number of benzene rings is 3. The Balaban J connectivity index is 1.64. The molecule has 0 saturated heterocycles. The third-order valence-corrected chi connectivity index (χ3v) is 4.13. The van der Waals surface area contributed by atoms with E-state index in [0.717, 1.165) is 0 Å². The molecule has 3 rings (SSSR count). The predicted molar refractivity (Wildman–Crippen MR) is 107 cm³/mol. The Hall–Kier alpha value is -2.40. The SMILES string of the molecule is O=C(Nc1ccc(Cl)cc1)Nc1ccc(Oc2ccc(Cl)cc2)c(Cl)c1. The fraction of sp³-hybridized carbons (Fsp3) is 0. The number of halogens is 3. The van der Waals surface area contributed by atoms with E-state index in [0.29, 0.717) is 37.9 Å². The van der Waals surface area contributed by atoms with Crippen molar-refractivity contribution in [3.63, 3.8) is 0 Å². The number of urea groups is 1. The Morgan fingerprint density at radius 3 is 1.88 bits per heavy atom. The summed E-state index contributed by atoms with van der Waals surface area (Å²) in [6.45, 7) is 0. The number of hydrogen-bond acceptors (Lipinski definition) is 2. The van der Waals surface area contributed by atoms with E-state index in [9.17, 15) is 4.79 Å². The van der Waals surface area contributed by atoms with E-state index in [-0.39, 0.29) is 0 Å². The number of rotatable bonds is 4. The molecule has 0 radical (unpaired) electrons. The zero-order chi connectivity index (χ0) is 18.5. The van der Waals surface area contributed by atoms with Crippen molar-refractivity contribution in [2.24, 2.45) is 0 Å². The van der Waals surface area contributed by atoms with Crippen molar-refractivity contribution in [2.75, 3.05) is 10.6 Å². The Morgan fingerprint density at radius 2 is 1.27 bits per heavy atom. The first-order valence-electron chi connectivity index (χ1n) is 7.56. The van der Waals surface area contributed by atoms with Crippen LogP contribution in [0.5, 0.6) is 11.5 Å². The lowest BCUT2D eigenvalue weighted by Crippen LogP contribution is -2.19. The quantitative estimate of drug-likeness (QED) is 0.485. The molecule has 0 bridgehead atoms. The van der Waals surface area contributed by atoms with Crippen LogP contribution in [-0.2, 0) is 0 Å². The van der Waals surface area contributed by atoms with Crippen molar-refractivity contribution in [2.45, 2.75) is 0 Å². The number of carbonyl (C=O) groups excluding carboxylic acids is 1. The highest BCUT2D eigenvalue weighted by molar-refractivity contribution is 6.32. The molecular formula is C19H13Cl3N2O2. The van der Waals surface area contributed by atoms with Gasteiger partial charge in [-0.2, -0.15) is 0 Å². The Morgan fingerprint density at radius 1 is 0.731 bits per heavy atom. The molecule has 0 aromatic heterocycles. The first kappa shape index (κ1) is 18.4. The highest BCUT2D eigenvalue weighted by Crippen LogP contribution is 2.32. The first-order valence-corrected chi connectivity index (χ1v) is 8.69. The highest BCUT2D eigenvalue weighted by atomic mass is 35.5. The van der Waals surface area contributed by atoms with Crippen molar-refractivity contribution < 1.29 is 9.53 Å². The highest BCUT2D eigenvalue weighted by Gasteiger charge is 2.08. The van der Waals surface area contributed by atoms with E-state index in [1.54, 1.807) is 66.7 Å². The van der Waals surface area contributed by atoms with Gasteiger partial charge in [0.15, 0.2) is 0 Å². The van der Waals surface area contributed by atoms with Crippen LogP contribution in [-0.4, -0.2) is 6.03 Å². The van der Waals surface area contributed by atoms with E-state index in [1.807, 2.05) is 0 Å². The molecule has 7 heteroatoms. The molecule has 0 aliphatic heterocycles. The average Bonchev–Trinajstić information content (AvgIpc) is 2.61. The molecule has 2 amide bonds. The minimum absolute atomic E-state index is 0.365. The summed E-state index contributed by atoms with van der Waals surface area (Å²) in [6, 6.07) is 18.3. The maximum absolute atomic E-state index is 12.0. The lowest BCUT2D eigenvalue weighted by molar-refractivity contribution is 0.262. The summed E-state index contributed by atoms with van der Waals surface area (Å²) in [7, 11) is 0. The second-order valence-electron chi connectivity index (χ2n) is 5.29. The number of ether oxygens (including phenoxy) is 1. The third kappa shape index (κ3) is 5.05. The van der Waals surface area contributed by atoms with Gasteiger partial charge in [0.2, 0.25) is 0 Å². The number of anilines is 2. The van der Waals surface area contributed by atoms with Crippen LogP contribution < -0.4 is 15.4 Å². The standard InChI is InChI=1S/C19H13Cl3N2O2/c20-12-1-5-14(6-2-12)23-19(25)24-15-7-10-18(17(22)11-15)26-16-8-3-13(21)4-9-16/h1-11H,(H2,23,24,25). The molecule has 4 nitrogen and oxygen atoms in total. The van der Waals surface area contributed by atoms with Crippen LogP contribution in [0.3, 0.4) is 0 Å². The largest absolute Gasteiger partial charge is 0.456 e. The molecular weight excluding hydrogens is 395 g/mol. The summed E-state index contributed by atoms with van der Waals surface area (Å²) in [5.41, 5.74) is 1.16. The van der Waals surface area contributed by atoms with Gasteiger partial charge in [-0.1, -0.05) is 34.8 Å². The van der Waals surface area contributed by atoms with Gasteiger partial charge >= 0.3 is 6.03 Å². The summed E-state index contributed by atoms with van der Waals surface area (Å²) in [5, 5.41) is 6.99. The second kappa shape index (κ2) is 8.32. The first-order chi connectivity index (χ1) is 12.5. The lowest BCUT2D eigenvalue weighted by Gasteiger charge is -2.11. The van der Waals surface area contributed by atoms with E-state index >= 15 is 0 Å². The second-order valence-corrected chi connectivity index (χ2v) is 6.57. The Kier molecular flexibility index (Phi) is 5.89. The Bertz CT molecular complexity index is 913. The van der Waals surface area contributed by atoms with Crippen LogP contribution in [0.15, 0.2) is 66.7 Å². The number of amides is 2. The van der Waals surface area contributed by atoms with Crippen LogP contribution >= 0.6 is 34.8 Å². The molecule has 0 unspecified atom stereocenters. The summed E-state index contributed by atoms with van der Waals surface area (Å²) in [5.74, 6) is 1.08. The van der Waals surface area contributed by atoms with E-state index in [1.165, 1.54) is 0 Å². The van der Waals surface area contributed by atoms with Crippen molar-refractivity contribution in [3.05, 3.63) is 81.8 Å². The summed E-state index contributed by atoms with van der Waals surface area (Å²) in [6.07, 6.45) is 0. The van der Waals surface area contributed by atoms with Gasteiger partial charge in [-0.05, 0) is 66.7 Å². The normalized spacial score (nSPS) is 10.3. The monoisotopic (exact) mass is 406 g/mol. The Labute approximate surface area is 165 Å². The van der Waals surface area contributed by atoms with Gasteiger partial charge < -0.3 is 15.4 Å². The minimum Gasteiger partial charge on any atom is -0.456 e. The lowest BCUT2D eigenvalue weighted by atomic mass is 10.3. The molecule has 3 aromatic carbocycles. The fourth-order valence-electron chi connectivity index (χ4n) is 2.12. The van der Waals surface area contributed by atoms with Gasteiger partial charge in [-0.15, -0.1) is 0 Å². The molecule has 0 saturated carbocycles. The molecule has 3 aromatic rings. The zero-order valence-corrected chi connectivity index (χ0v) is 15.6. The molecule has 0 atom stereocenters. The number of carbonyl (C=O) groups is 1. The maximum atomic E-state index is 12.0. The van der Waals surface area contributed by atoms with Crippen LogP contribution in [0.25, 0.3) is 0 Å². The molecule has 0 aliphatic carbocycles. The van der Waals surface area contributed by atoms with Crippen molar-refractivity contribution in [1.29, 1.82) is 0 Å². The van der Waals surface area contributed by atoms with Crippen LogP contribution in [0.4, 0.5) is 16.2 Å². The van der Waals surface area contributed by atoms with Gasteiger partial charge in [0.25, 0.3) is 0 Å². The van der Waals surface area contributed by atoms with Crippen molar-refractivity contribution in [3.8, 4) is 11.5 Å². The zero-order valence-electron chi connectivity index (χ0n) is 13.3.